The van der Waals surface area contributed by atoms with Crippen LogP contribution in [0.4, 0.5) is 13.2 Å². The SMILES string of the molecule is NC(Cc1ccccc1-c1ccccc1OC(F)(F)F)C(=O)O. The number of hydrogen-bond donors (Lipinski definition) is 2. The van der Waals surface area contributed by atoms with E-state index in [0.717, 1.165) is 0 Å². The molecule has 3 N–H and O–H groups in total. The summed E-state index contributed by atoms with van der Waals surface area (Å²) in [6.07, 6.45) is -4.83. The van der Waals surface area contributed by atoms with Crippen LogP contribution < -0.4 is 10.5 Å². The third-order valence-corrected chi connectivity index (χ3v) is 3.18. The zero-order chi connectivity index (χ0) is 17.0. The van der Waals surface area contributed by atoms with Crippen molar-refractivity contribution in [1.29, 1.82) is 0 Å². The van der Waals surface area contributed by atoms with E-state index in [2.05, 4.69) is 4.74 Å². The monoisotopic (exact) mass is 325 g/mol. The molecule has 4 nitrogen and oxygen atoms in total. The lowest BCUT2D eigenvalue weighted by Gasteiger charge is -2.16. The number of para-hydroxylation sites is 1. The third kappa shape index (κ3) is 4.46. The lowest BCUT2D eigenvalue weighted by Crippen LogP contribution is -2.32. The van der Waals surface area contributed by atoms with Gasteiger partial charge >= 0.3 is 12.3 Å². The largest absolute Gasteiger partial charge is 0.573 e. The van der Waals surface area contributed by atoms with Gasteiger partial charge in [-0.2, -0.15) is 0 Å². The van der Waals surface area contributed by atoms with E-state index in [9.17, 15) is 18.0 Å². The fourth-order valence-corrected chi connectivity index (χ4v) is 2.19. The Labute approximate surface area is 130 Å². The Kier molecular flexibility index (Phi) is 4.90. The van der Waals surface area contributed by atoms with Gasteiger partial charge in [0.1, 0.15) is 11.8 Å². The van der Waals surface area contributed by atoms with Crippen LogP contribution in [-0.2, 0) is 11.2 Å². The van der Waals surface area contributed by atoms with Crippen LogP contribution in [0.3, 0.4) is 0 Å². The van der Waals surface area contributed by atoms with Crippen LogP contribution in [0.5, 0.6) is 5.75 Å². The maximum atomic E-state index is 12.5. The number of rotatable bonds is 5. The molecule has 0 saturated heterocycles. The van der Waals surface area contributed by atoms with Gasteiger partial charge in [-0.1, -0.05) is 42.5 Å². The Bertz CT molecular complexity index is 701. The van der Waals surface area contributed by atoms with Gasteiger partial charge in [-0.3, -0.25) is 4.79 Å². The maximum Gasteiger partial charge on any atom is 0.573 e. The Morgan fingerprint density at radius 3 is 2.26 bits per heavy atom. The number of halogens is 3. The quantitative estimate of drug-likeness (QED) is 0.885. The highest BCUT2D eigenvalue weighted by Gasteiger charge is 2.32. The van der Waals surface area contributed by atoms with Crippen molar-refractivity contribution in [2.45, 2.75) is 18.8 Å². The summed E-state index contributed by atoms with van der Waals surface area (Å²) in [4.78, 5) is 10.9. The van der Waals surface area contributed by atoms with E-state index < -0.39 is 18.4 Å². The summed E-state index contributed by atoms with van der Waals surface area (Å²) in [5.74, 6) is -1.53. The van der Waals surface area contributed by atoms with Gasteiger partial charge in [0.05, 0.1) is 0 Å². The highest BCUT2D eigenvalue weighted by atomic mass is 19.4. The predicted octanol–water partition coefficient (Wildman–Crippen LogP) is 3.21. The van der Waals surface area contributed by atoms with Gasteiger partial charge < -0.3 is 15.6 Å². The first-order valence-electron chi connectivity index (χ1n) is 6.69. The molecule has 2 aromatic rings. The number of benzene rings is 2. The molecule has 0 saturated carbocycles. The number of nitrogens with two attached hydrogens (primary N) is 1. The van der Waals surface area contributed by atoms with Crippen molar-refractivity contribution in [3.05, 3.63) is 54.1 Å². The van der Waals surface area contributed by atoms with E-state index in [-0.39, 0.29) is 17.7 Å². The van der Waals surface area contributed by atoms with Crippen LogP contribution in [0.1, 0.15) is 5.56 Å². The summed E-state index contributed by atoms with van der Waals surface area (Å²) < 4.78 is 41.6. The van der Waals surface area contributed by atoms with Crippen LogP contribution in [0.25, 0.3) is 11.1 Å². The summed E-state index contributed by atoms with van der Waals surface area (Å²) in [6.45, 7) is 0. The molecule has 0 fully saturated rings. The zero-order valence-electron chi connectivity index (χ0n) is 11.9. The first-order valence-corrected chi connectivity index (χ1v) is 6.69. The van der Waals surface area contributed by atoms with Gasteiger partial charge in [0.2, 0.25) is 0 Å². The molecular weight excluding hydrogens is 311 g/mol. The van der Waals surface area contributed by atoms with Gasteiger partial charge in [0, 0.05) is 5.56 Å². The molecule has 0 aromatic heterocycles. The van der Waals surface area contributed by atoms with E-state index in [0.29, 0.717) is 11.1 Å². The first-order chi connectivity index (χ1) is 10.8. The molecule has 1 unspecified atom stereocenters. The molecule has 2 aromatic carbocycles. The molecule has 0 spiro atoms. The molecule has 0 heterocycles. The molecule has 1 atom stereocenters. The highest BCUT2D eigenvalue weighted by Crippen LogP contribution is 2.35. The lowest BCUT2D eigenvalue weighted by atomic mass is 9.95. The fourth-order valence-electron chi connectivity index (χ4n) is 2.19. The van der Waals surface area contributed by atoms with Crippen molar-refractivity contribution in [2.24, 2.45) is 5.73 Å². The van der Waals surface area contributed by atoms with Crippen LogP contribution >= 0.6 is 0 Å². The second-order valence-corrected chi connectivity index (χ2v) is 4.85. The van der Waals surface area contributed by atoms with Gasteiger partial charge in [-0.05, 0) is 23.6 Å². The Morgan fingerprint density at radius 1 is 1.09 bits per heavy atom. The topological polar surface area (TPSA) is 72.5 Å². The van der Waals surface area contributed by atoms with Crippen molar-refractivity contribution in [3.63, 3.8) is 0 Å². The van der Waals surface area contributed by atoms with Gasteiger partial charge in [0.15, 0.2) is 0 Å². The second-order valence-electron chi connectivity index (χ2n) is 4.85. The van der Waals surface area contributed by atoms with Crippen LogP contribution in [0, 0.1) is 0 Å². The van der Waals surface area contributed by atoms with Crippen LogP contribution in [0.15, 0.2) is 48.5 Å². The van der Waals surface area contributed by atoms with Crippen molar-refractivity contribution < 1.29 is 27.8 Å². The van der Waals surface area contributed by atoms with Crippen LogP contribution in [-0.4, -0.2) is 23.5 Å². The molecule has 0 bridgehead atoms. The van der Waals surface area contributed by atoms with E-state index >= 15 is 0 Å². The Balaban J connectivity index is 2.45. The Hall–Kier alpha value is -2.54. The molecule has 0 aliphatic rings. The minimum atomic E-state index is -4.82. The fraction of sp³-hybridized carbons (Fsp3) is 0.188. The minimum absolute atomic E-state index is 0.00808. The average Bonchev–Trinajstić information content (AvgIpc) is 2.47. The maximum absolute atomic E-state index is 12.5. The van der Waals surface area contributed by atoms with E-state index in [1.165, 1.54) is 18.2 Å². The molecule has 7 heteroatoms. The van der Waals surface area contributed by atoms with Gasteiger partial charge in [-0.25, -0.2) is 0 Å². The number of carboxylic acids is 1. The van der Waals surface area contributed by atoms with E-state index in [4.69, 9.17) is 10.8 Å². The van der Waals surface area contributed by atoms with Gasteiger partial charge in [-0.15, -0.1) is 13.2 Å². The van der Waals surface area contributed by atoms with Crippen molar-refractivity contribution in [2.75, 3.05) is 0 Å². The average molecular weight is 325 g/mol. The number of hydrogen-bond acceptors (Lipinski definition) is 3. The normalized spacial score (nSPS) is 12.7. The summed E-state index contributed by atoms with van der Waals surface area (Å²) in [5.41, 5.74) is 6.72. The van der Waals surface area contributed by atoms with E-state index in [1.807, 2.05) is 0 Å². The van der Waals surface area contributed by atoms with Crippen LogP contribution in [0.2, 0.25) is 0 Å². The first kappa shape index (κ1) is 16.8. The summed E-state index contributed by atoms with van der Waals surface area (Å²) in [6, 6.07) is 11.1. The third-order valence-electron chi connectivity index (χ3n) is 3.18. The molecule has 23 heavy (non-hydrogen) atoms. The molecule has 0 radical (unpaired) electrons. The zero-order valence-corrected chi connectivity index (χ0v) is 11.9. The second kappa shape index (κ2) is 6.70. The standard InChI is InChI=1S/C16H14F3NO3/c17-16(18,19)23-14-8-4-3-7-12(14)11-6-2-1-5-10(11)9-13(20)15(21)22/h1-8,13H,9,20H2,(H,21,22). The number of carbonyl (C=O) groups is 1. The molecule has 2 rings (SSSR count). The molecule has 0 amide bonds. The minimum Gasteiger partial charge on any atom is -0.480 e. The molecule has 122 valence electrons. The summed E-state index contributed by atoms with van der Waals surface area (Å²) in [5, 5.41) is 8.91. The number of carboxylic acid groups (broad SMARTS) is 1. The summed E-state index contributed by atoms with van der Waals surface area (Å²) in [7, 11) is 0. The molecule has 0 aliphatic heterocycles. The predicted molar refractivity (Wildman–Crippen MR) is 77.9 cm³/mol. The number of alkyl halides is 3. The van der Waals surface area contributed by atoms with E-state index in [1.54, 1.807) is 30.3 Å². The molecule has 0 aliphatic carbocycles. The van der Waals surface area contributed by atoms with Crippen molar-refractivity contribution in [3.8, 4) is 16.9 Å². The number of aliphatic carboxylic acids is 1. The molecular formula is C16H14F3NO3. The summed E-state index contributed by atoms with van der Waals surface area (Å²) >= 11 is 0. The van der Waals surface area contributed by atoms with Gasteiger partial charge in [0.25, 0.3) is 0 Å². The lowest BCUT2D eigenvalue weighted by molar-refractivity contribution is -0.274. The highest BCUT2D eigenvalue weighted by molar-refractivity contribution is 5.77. The smallest absolute Gasteiger partial charge is 0.480 e. The number of ether oxygens (including phenoxy) is 1. The van der Waals surface area contributed by atoms with Crippen molar-refractivity contribution >= 4 is 5.97 Å². The van der Waals surface area contributed by atoms with Crippen molar-refractivity contribution in [1.82, 2.24) is 0 Å². The Morgan fingerprint density at radius 2 is 1.65 bits per heavy atom.